The number of hydrogen-bond acceptors (Lipinski definition) is 5. The van der Waals surface area contributed by atoms with Crippen LogP contribution in [0.25, 0.3) is 0 Å². The van der Waals surface area contributed by atoms with Crippen LogP contribution in [0.5, 0.6) is 0 Å². The number of hydrogen-bond donors (Lipinski definition) is 2. The molecule has 0 saturated heterocycles. The summed E-state index contributed by atoms with van der Waals surface area (Å²) in [7, 11) is 0. The Kier molecular flexibility index (Phi) is 5.10. The van der Waals surface area contributed by atoms with Crippen LogP contribution in [-0.2, 0) is 11.2 Å². The second-order valence-corrected chi connectivity index (χ2v) is 4.43. The van der Waals surface area contributed by atoms with Gasteiger partial charge in [0.15, 0.2) is 5.82 Å². The molecule has 6 nitrogen and oxygen atoms in total. The number of nitrogen functional groups attached to an aromatic ring is 1. The third-order valence-electron chi connectivity index (χ3n) is 2.04. The quantitative estimate of drug-likeness (QED) is 0.546. The molecule has 0 bridgehead atoms. The molecule has 1 rings (SSSR count). The molecule has 1 aromatic heterocycles. The smallest absolute Gasteiger partial charge is 0.304 e. The lowest BCUT2D eigenvalue weighted by Crippen LogP contribution is -2.14. The summed E-state index contributed by atoms with van der Waals surface area (Å²) in [5.41, 5.74) is 0. The molecule has 0 saturated carbocycles. The van der Waals surface area contributed by atoms with Gasteiger partial charge in [-0.15, -0.1) is 10.2 Å². The van der Waals surface area contributed by atoms with E-state index in [9.17, 15) is 4.79 Å². The molecule has 0 amide bonds. The Morgan fingerprint density at radius 1 is 1.56 bits per heavy atom. The van der Waals surface area contributed by atoms with Crippen molar-refractivity contribution in [3.05, 3.63) is 5.82 Å². The zero-order chi connectivity index (χ0) is 12.0. The van der Waals surface area contributed by atoms with Crippen LogP contribution in [0.1, 0.15) is 32.0 Å². The van der Waals surface area contributed by atoms with Crippen molar-refractivity contribution >= 4 is 17.7 Å². The summed E-state index contributed by atoms with van der Waals surface area (Å²) in [4.78, 5) is 10.3. The van der Waals surface area contributed by atoms with Gasteiger partial charge in [-0.2, -0.15) is 0 Å². The van der Waals surface area contributed by atoms with Crippen molar-refractivity contribution in [2.24, 2.45) is 0 Å². The van der Waals surface area contributed by atoms with E-state index in [0.29, 0.717) is 10.9 Å². The number of aromatic nitrogens is 3. The molecule has 0 spiro atoms. The number of rotatable bonds is 7. The SMILES string of the molecule is CCCCc1nnc(SCCC(=O)O)n1N. The van der Waals surface area contributed by atoms with Crippen molar-refractivity contribution < 1.29 is 9.90 Å². The number of carboxylic acid groups (broad SMARTS) is 1. The molecule has 0 aromatic carbocycles. The molecule has 0 radical (unpaired) electrons. The maximum absolute atomic E-state index is 10.3. The molecule has 0 aliphatic heterocycles. The van der Waals surface area contributed by atoms with Gasteiger partial charge >= 0.3 is 5.97 Å². The second kappa shape index (κ2) is 6.37. The van der Waals surface area contributed by atoms with Crippen LogP contribution in [0.4, 0.5) is 0 Å². The highest BCUT2D eigenvalue weighted by Crippen LogP contribution is 2.16. The molecule has 0 aliphatic carbocycles. The lowest BCUT2D eigenvalue weighted by Gasteiger charge is -2.01. The summed E-state index contributed by atoms with van der Waals surface area (Å²) >= 11 is 1.31. The standard InChI is InChI=1S/C9H16N4O2S/c1-2-3-4-7-11-12-9(13(7)10)16-6-5-8(14)15/h2-6,10H2,1H3,(H,14,15). The summed E-state index contributed by atoms with van der Waals surface area (Å²) in [6.45, 7) is 2.10. The van der Waals surface area contributed by atoms with Gasteiger partial charge in [0.25, 0.3) is 0 Å². The molecule has 0 fully saturated rings. The lowest BCUT2D eigenvalue weighted by molar-refractivity contribution is -0.136. The Bertz CT molecular complexity index is 353. The van der Waals surface area contributed by atoms with Gasteiger partial charge in [-0.25, -0.2) is 4.68 Å². The highest BCUT2D eigenvalue weighted by atomic mass is 32.2. The number of nitrogens with zero attached hydrogens (tertiary/aromatic N) is 3. The van der Waals surface area contributed by atoms with Gasteiger partial charge in [0.2, 0.25) is 5.16 Å². The Morgan fingerprint density at radius 2 is 2.31 bits per heavy atom. The Balaban J connectivity index is 2.48. The van der Waals surface area contributed by atoms with Crippen LogP contribution in [0.3, 0.4) is 0 Å². The van der Waals surface area contributed by atoms with Crippen molar-refractivity contribution in [2.45, 2.75) is 37.8 Å². The molecular formula is C9H16N4O2S. The third-order valence-corrected chi connectivity index (χ3v) is 2.98. The molecule has 0 unspecified atom stereocenters. The zero-order valence-electron chi connectivity index (χ0n) is 9.22. The molecular weight excluding hydrogens is 228 g/mol. The van der Waals surface area contributed by atoms with Gasteiger partial charge in [-0.1, -0.05) is 25.1 Å². The zero-order valence-corrected chi connectivity index (χ0v) is 10.0. The van der Waals surface area contributed by atoms with Crippen LogP contribution >= 0.6 is 11.8 Å². The number of nitrogens with two attached hydrogens (primary N) is 1. The van der Waals surface area contributed by atoms with E-state index in [4.69, 9.17) is 10.9 Å². The number of carbonyl (C=O) groups is 1. The van der Waals surface area contributed by atoms with E-state index < -0.39 is 5.97 Å². The van der Waals surface area contributed by atoms with Crippen molar-refractivity contribution in [3.8, 4) is 0 Å². The summed E-state index contributed by atoms with van der Waals surface area (Å²) < 4.78 is 1.45. The van der Waals surface area contributed by atoms with Gasteiger partial charge in [0.1, 0.15) is 0 Å². The first-order valence-electron chi connectivity index (χ1n) is 5.19. The van der Waals surface area contributed by atoms with Crippen LogP contribution in [0.2, 0.25) is 0 Å². The van der Waals surface area contributed by atoms with Crippen LogP contribution in [-0.4, -0.2) is 31.7 Å². The number of aryl methyl sites for hydroxylation is 1. The average molecular weight is 244 g/mol. The Hall–Kier alpha value is -1.24. The minimum atomic E-state index is -0.818. The number of aliphatic carboxylic acids is 1. The summed E-state index contributed by atoms with van der Waals surface area (Å²) in [6.07, 6.45) is 3.00. The van der Waals surface area contributed by atoms with Gasteiger partial charge in [0, 0.05) is 12.2 Å². The predicted molar refractivity (Wildman–Crippen MR) is 61.8 cm³/mol. The summed E-state index contributed by atoms with van der Waals surface area (Å²) in [5.74, 6) is 6.17. The van der Waals surface area contributed by atoms with Crippen LogP contribution < -0.4 is 5.84 Å². The van der Waals surface area contributed by atoms with Gasteiger partial charge in [0.05, 0.1) is 6.42 Å². The largest absolute Gasteiger partial charge is 0.481 e. The number of carboxylic acids is 1. The Morgan fingerprint density at radius 3 is 2.94 bits per heavy atom. The van der Waals surface area contributed by atoms with E-state index in [-0.39, 0.29) is 6.42 Å². The fraction of sp³-hybridized carbons (Fsp3) is 0.667. The van der Waals surface area contributed by atoms with Crippen LogP contribution in [0.15, 0.2) is 5.16 Å². The number of unbranched alkanes of at least 4 members (excludes halogenated alkanes) is 1. The molecule has 1 heterocycles. The normalized spacial score (nSPS) is 10.6. The molecule has 1 aromatic rings. The summed E-state index contributed by atoms with van der Waals surface area (Å²) in [5, 5.41) is 17.0. The number of thioether (sulfide) groups is 1. The van der Waals surface area contributed by atoms with E-state index in [1.54, 1.807) is 0 Å². The van der Waals surface area contributed by atoms with E-state index in [1.165, 1.54) is 16.4 Å². The monoisotopic (exact) mass is 244 g/mol. The minimum Gasteiger partial charge on any atom is -0.481 e. The van der Waals surface area contributed by atoms with Crippen LogP contribution in [0, 0.1) is 0 Å². The molecule has 7 heteroatoms. The molecule has 0 atom stereocenters. The lowest BCUT2D eigenvalue weighted by atomic mass is 10.2. The average Bonchev–Trinajstić information content (AvgIpc) is 2.57. The van der Waals surface area contributed by atoms with Gasteiger partial charge in [-0.05, 0) is 6.42 Å². The highest BCUT2D eigenvalue weighted by molar-refractivity contribution is 7.99. The first-order chi connectivity index (χ1) is 7.65. The first kappa shape index (κ1) is 12.8. The van der Waals surface area contributed by atoms with E-state index in [0.717, 1.165) is 25.1 Å². The second-order valence-electron chi connectivity index (χ2n) is 3.36. The van der Waals surface area contributed by atoms with E-state index >= 15 is 0 Å². The minimum absolute atomic E-state index is 0.0990. The van der Waals surface area contributed by atoms with E-state index in [1.807, 2.05) is 0 Å². The molecule has 0 aliphatic rings. The first-order valence-corrected chi connectivity index (χ1v) is 6.17. The maximum Gasteiger partial charge on any atom is 0.304 e. The van der Waals surface area contributed by atoms with Crippen molar-refractivity contribution in [1.29, 1.82) is 0 Å². The van der Waals surface area contributed by atoms with Crippen molar-refractivity contribution in [1.82, 2.24) is 14.9 Å². The fourth-order valence-corrected chi connectivity index (χ4v) is 1.94. The van der Waals surface area contributed by atoms with Gasteiger partial charge < -0.3 is 10.9 Å². The van der Waals surface area contributed by atoms with Crippen molar-refractivity contribution in [3.63, 3.8) is 0 Å². The molecule has 3 N–H and O–H groups in total. The summed E-state index contributed by atoms with van der Waals surface area (Å²) in [6, 6.07) is 0. The topological polar surface area (TPSA) is 94.0 Å². The van der Waals surface area contributed by atoms with Crippen molar-refractivity contribution in [2.75, 3.05) is 11.6 Å². The predicted octanol–water partition coefficient (Wildman–Crippen LogP) is 0.901. The third kappa shape index (κ3) is 3.73. The molecule has 90 valence electrons. The van der Waals surface area contributed by atoms with Gasteiger partial charge in [-0.3, -0.25) is 4.79 Å². The Labute approximate surface area is 98.2 Å². The maximum atomic E-state index is 10.3. The van der Waals surface area contributed by atoms with E-state index in [2.05, 4.69) is 17.1 Å². The molecule has 16 heavy (non-hydrogen) atoms. The fourth-order valence-electron chi connectivity index (χ4n) is 1.14. The highest BCUT2D eigenvalue weighted by Gasteiger charge is 2.09.